The molecule has 0 aliphatic carbocycles. The Hall–Kier alpha value is -1.42. The first-order valence-corrected chi connectivity index (χ1v) is 3.78. The number of anilines is 1. The Kier molecular flexibility index (Phi) is 6.45. The summed E-state index contributed by atoms with van der Waals surface area (Å²) in [6.45, 7) is 0. The molecule has 0 aliphatic heterocycles. The molecular formula is C9H14N2O2. The fourth-order valence-electron chi connectivity index (χ4n) is 0.642. The quantitative estimate of drug-likeness (QED) is 0.682. The van der Waals surface area contributed by atoms with Gasteiger partial charge in [0, 0.05) is 26.3 Å². The maximum absolute atomic E-state index is 9.99. The van der Waals surface area contributed by atoms with Crippen molar-refractivity contribution in [3.8, 4) is 0 Å². The highest BCUT2D eigenvalue weighted by molar-refractivity contribution is 5.54. The first-order chi connectivity index (χ1) is 6.24. The van der Waals surface area contributed by atoms with E-state index in [-0.39, 0.29) is 0 Å². The number of hydrogen-bond donors (Lipinski definition) is 1. The molecule has 0 aliphatic rings. The first kappa shape index (κ1) is 11.6. The molecule has 1 aromatic rings. The topological polar surface area (TPSA) is 65.2 Å². The Morgan fingerprint density at radius 2 is 2.15 bits per heavy atom. The van der Waals surface area contributed by atoms with Gasteiger partial charge in [-0.05, 0) is 12.1 Å². The Morgan fingerprint density at radius 1 is 1.54 bits per heavy atom. The summed E-state index contributed by atoms with van der Waals surface area (Å²) >= 11 is 0. The van der Waals surface area contributed by atoms with E-state index in [0.717, 1.165) is 12.0 Å². The SMILES string of the molecule is COC.Nc1ccc(CC=O)nc1. The van der Waals surface area contributed by atoms with E-state index in [2.05, 4.69) is 9.72 Å². The van der Waals surface area contributed by atoms with Gasteiger partial charge in [0.05, 0.1) is 11.9 Å². The van der Waals surface area contributed by atoms with Crippen LogP contribution in [0.4, 0.5) is 5.69 Å². The maximum Gasteiger partial charge on any atom is 0.125 e. The predicted octanol–water partition coefficient (Wildman–Crippen LogP) is 0.668. The lowest BCUT2D eigenvalue weighted by atomic mass is 10.3. The van der Waals surface area contributed by atoms with Crippen LogP contribution in [0, 0.1) is 0 Å². The Labute approximate surface area is 77.7 Å². The number of carbonyl (C=O) groups is 1. The molecule has 1 rings (SSSR count). The minimum Gasteiger partial charge on any atom is -0.397 e. The van der Waals surface area contributed by atoms with Crippen LogP contribution in [0.5, 0.6) is 0 Å². The number of ether oxygens (including phenoxy) is 1. The van der Waals surface area contributed by atoms with E-state index in [9.17, 15) is 4.79 Å². The van der Waals surface area contributed by atoms with Crippen LogP contribution in [0.2, 0.25) is 0 Å². The summed E-state index contributed by atoms with van der Waals surface area (Å²) in [7, 11) is 3.25. The van der Waals surface area contributed by atoms with Gasteiger partial charge in [0.1, 0.15) is 6.29 Å². The fraction of sp³-hybridized carbons (Fsp3) is 0.333. The van der Waals surface area contributed by atoms with Crippen LogP contribution in [-0.4, -0.2) is 25.5 Å². The fourth-order valence-corrected chi connectivity index (χ4v) is 0.642. The van der Waals surface area contributed by atoms with Crippen LogP contribution >= 0.6 is 0 Å². The molecule has 13 heavy (non-hydrogen) atoms. The third-order valence-electron chi connectivity index (χ3n) is 1.14. The van der Waals surface area contributed by atoms with Crippen LogP contribution in [0.15, 0.2) is 18.3 Å². The summed E-state index contributed by atoms with van der Waals surface area (Å²) in [6, 6.07) is 3.47. The average Bonchev–Trinajstić information content (AvgIpc) is 2.11. The molecule has 4 nitrogen and oxygen atoms in total. The van der Waals surface area contributed by atoms with E-state index in [0.29, 0.717) is 12.1 Å². The van der Waals surface area contributed by atoms with Crippen molar-refractivity contribution >= 4 is 12.0 Å². The van der Waals surface area contributed by atoms with E-state index in [4.69, 9.17) is 5.73 Å². The highest BCUT2D eigenvalue weighted by atomic mass is 16.4. The summed E-state index contributed by atoms with van der Waals surface area (Å²) in [5.74, 6) is 0. The lowest BCUT2D eigenvalue weighted by molar-refractivity contribution is -0.107. The third kappa shape index (κ3) is 5.81. The molecule has 0 amide bonds. The number of aromatic nitrogens is 1. The maximum atomic E-state index is 9.99. The van der Waals surface area contributed by atoms with Crippen molar-refractivity contribution in [1.82, 2.24) is 4.98 Å². The molecule has 0 spiro atoms. The van der Waals surface area contributed by atoms with E-state index >= 15 is 0 Å². The van der Waals surface area contributed by atoms with Crippen molar-refractivity contribution in [1.29, 1.82) is 0 Å². The highest BCUT2D eigenvalue weighted by Crippen LogP contribution is 1.99. The van der Waals surface area contributed by atoms with E-state index < -0.39 is 0 Å². The van der Waals surface area contributed by atoms with Crippen molar-refractivity contribution in [2.75, 3.05) is 20.0 Å². The van der Waals surface area contributed by atoms with Crippen LogP contribution < -0.4 is 5.73 Å². The number of hydrogen-bond acceptors (Lipinski definition) is 4. The Bertz CT molecular complexity index is 234. The zero-order chi connectivity index (χ0) is 10.1. The van der Waals surface area contributed by atoms with Gasteiger partial charge in [-0.15, -0.1) is 0 Å². The molecule has 1 aromatic heterocycles. The number of nitrogen functional groups attached to an aromatic ring is 1. The minimum atomic E-state index is 0.361. The molecule has 2 N–H and O–H groups in total. The normalized spacial score (nSPS) is 8.46. The van der Waals surface area contributed by atoms with Gasteiger partial charge in [-0.25, -0.2) is 0 Å². The zero-order valence-electron chi connectivity index (χ0n) is 7.86. The number of aldehydes is 1. The third-order valence-corrected chi connectivity index (χ3v) is 1.14. The van der Waals surface area contributed by atoms with Gasteiger partial charge in [0.2, 0.25) is 0 Å². The Morgan fingerprint density at radius 3 is 2.54 bits per heavy atom. The van der Waals surface area contributed by atoms with Gasteiger partial charge >= 0.3 is 0 Å². The van der Waals surface area contributed by atoms with Crippen LogP contribution in [0.25, 0.3) is 0 Å². The second-order valence-electron chi connectivity index (χ2n) is 2.36. The van der Waals surface area contributed by atoms with Crippen molar-refractivity contribution in [3.63, 3.8) is 0 Å². The smallest absolute Gasteiger partial charge is 0.125 e. The van der Waals surface area contributed by atoms with Crippen molar-refractivity contribution in [2.45, 2.75) is 6.42 Å². The molecule has 0 unspecified atom stereocenters. The standard InChI is InChI=1S/C7H8N2O.C2H6O/c8-6-1-2-7(3-4-10)9-5-6;1-3-2/h1-2,4-5H,3,8H2;1-2H3. The van der Waals surface area contributed by atoms with Gasteiger partial charge < -0.3 is 15.3 Å². The number of pyridine rings is 1. The van der Waals surface area contributed by atoms with Gasteiger partial charge in [-0.1, -0.05) is 0 Å². The summed E-state index contributed by atoms with van der Waals surface area (Å²) < 4.78 is 4.25. The second kappa shape index (κ2) is 7.24. The molecule has 4 heteroatoms. The molecule has 1 heterocycles. The molecule has 0 atom stereocenters. The molecule has 0 fully saturated rings. The average molecular weight is 182 g/mol. The summed E-state index contributed by atoms with van der Waals surface area (Å²) in [4.78, 5) is 13.9. The number of rotatable bonds is 2. The number of nitrogens with zero attached hydrogens (tertiary/aromatic N) is 1. The van der Waals surface area contributed by atoms with Crippen LogP contribution in [0.1, 0.15) is 5.69 Å². The summed E-state index contributed by atoms with van der Waals surface area (Å²) in [5.41, 5.74) is 6.75. The van der Waals surface area contributed by atoms with E-state index in [1.54, 1.807) is 32.5 Å². The van der Waals surface area contributed by atoms with Crippen LogP contribution in [-0.2, 0) is 16.0 Å². The molecule has 0 saturated heterocycles. The van der Waals surface area contributed by atoms with Crippen molar-refractivity contribution in [2.24, 2.45) is 0 Å². The van der Waals surface area contributed by atoms with Crippen molar-refractivity contribution in [3.05, 3.63) is 24.0 Å². The molecule has 0 saturated carbocycles. The molecular weight excluding hydrogens is 168 g/mol. The van der Waals surface area contributed by atoms with Gasteiger partial charge in [0.25, 0.3) is 0 Å². The van der Waals surface area contributed by atoms with Gasteiger partial charge in [0.15, 0.2) is 0 Å². The first-order valence-electron chi connectivity index (χ1n) is 3.78. The second-order valence-corrected chi connectivity index (χ2v) is 2.36. The monoisotopic (exact) mass is 182 g/mol. The minimum absolute atomic E-state index is 0.361. The Balaban J connectivity index is 0.000000424. The van der Waals surface area contributed by atoms with Gasteiger partial charge in [-0.2, -0.15) is 0 Å². The largest absolute Gasteiger partial charge is 0.397 e. The lowest BCUT2D eigenvalue weighted by Gasteiger charge is -1.93. The number of nitrogens with two attached hydrogens (primary N) is 1. The highest BCUT2D eigenvalue weighted by Gasteiger charge is 1.90. The molecule has 72 valence electrons. The zero-order valence-corrected chi connectivity index (χ0v) is 7.86. The van der Waals surface area contributed by atoms with Crippen molar-refractivity contribution < 1.29 is 9.53 Å². The number of methoxy groups -OCH3 is 1. The molecule has 0 aromatic carbocycles. The summed E-state index contributed by atoms with van der Waals surface area (Å²) in [6.07, 6.45) is 2.72. The predicted molar refractivity (Wildman–Crippen MR) is 51.4 cm³/mol. The molecule has 0 radical (unpaired) electrons. The van der Waals surface area contributed by atoms with Gasteiger partial charge in [-0.3, -0.25) is 4.98 Å². The lowest BCUT2D eigenvalue weighted by Crippen LogP contribution is -1.92. The summed E-state index contributed by atoms with van der Waals surface area (Å²) in [5, 5.41) is 0. The van der Waals surface area contributed by atoms with Crippen LogP contribution in [0.3, 0.4) is 0 Å². The molecule has 0 bridgehead atoms. The number of carbonyl (C=O) groups excluding carboxylic acids is 1. The van der Waals surface area contributed by atoms with E-state index in [1.165, 1.54) is 0 Å². The van der Waals surface area contributed by atoms with E-state index in [1.807, 2.05) is 0 Å².